The van der Waals surface area contributed by atoms with Gasteiger partial charge >= 0.3 is 0 Å². The molecule has 0 amide bonds. The molecule has 5 heteroatoms. The maximum absolute atomic E-state index is 9.08. The van der Waals surface area contributed by atoms with Crippen LogP contribution in [0.3, 0.4) is 0 Å². The Balaban J connectivity index is 2.38. The van der Waals surface area contributed by atoms with E-state index in [1.807, 2.05) is 37.3 Å². The Bertz CT molecular complexity index is 596. The van der Waals surface area contributed by atoms with E-state index in [2.05, 4.69) is 4.98 Å². The molecule has 0 spiro atoms. The molecule has 98 valence electrons. The first-order chi connectivity index (χ1) is 9.15. The van der Waals surface area contributed by atoms with Crippen molar-refractivity contribution in [1.29, 1.82) is 5.26 Å². The number of hydrogen-bond donors (Lipinski definition) is 1. The van der Waals surface area contributed by atoms with Gasteiger partial charge in [0.2, 0.25) is 17.5 Å². The molecule has 5 nitrogen and oxygen atoms in total. The first-order valence-electron chi connectivity index (χ1n) is 5.95. The Morgan fingerprint density at radius 1 is 1.37 bits per heavy atom. The van der Waals surface area contributed by atoms with Crippen LogP contribution in [0, 0.1) is 18.3 Å². The number of nitriles is 1. The summed E-state index contributed by atoms with van der Waals surface area (Å²) in [6.45, 7) is 2.37. The number of aliphatic hydroxyl groups is 1. The van der Waals surface area contributed by atoms with Gasteiger partial charge in [0.1, 0.15) is 6.07 Å². The summed E-state index contributed by atoms with van der Waals surface area (Å²) in [5, 5.41) is 18.0. The van der Waals surface area contributed by atoms with Gasteiger partial charge in [0.05, 0.1) is 6.61 Å². The second kappa shape index (κ2) is 5.55. The highest BCUT2D eigenvalue weighted by Gasteiger charge is 2.17. The van der Waals surface area contributed by atoms with Crippen molar-refractivity contribution in [2.45, 2.75) is 6.92 Å². The highest BCUT2D eigenvalue weighted by atomic mass is 16.4. The summed E-state index contributed by atoms with van der Waals surface area (Å²) < 4.78 is 5.63. The number of aliphatic hydroxyl groups excluding tert-OH is 1. The largest absolute Gasteiger partial charge is 0.419 e. The highest BCUT2D eigenvalue weighted by molar-refractivity contribution is 5.59. The Labute approximate surface area is 111 Å². The van der Waals surface area contributed by atoms with Crippen LogP contribution in [-0.2, 0) is 0 Å². The van der Waals surface area contributed by atoms with E-state index >= 15 is 0 Å². The van der Waals surface area contributed by atoms with Crippen LogP contribution in [0.5, 0.6) is 0 Å². The third kappa shape index (κ3) is 2.75. The van der Waals surface area contributed by atoms with Gasteiger partial charge in [-0.3, -0.25) is 0 Å². The number of rotatable bonds is 4. The second-order valence-electron chi connectivity index (χ2n) is 4.30. The van der Waals surface area contributed by atoms with Crippen LogP contribution in [0.1, 0.15) is 11.3 Å². The summed E-state index contributed by atoms with van der Waals surface area (Å²) in [5.41, 5.74) is 2.20. The number of aromatic nitrogens is 1. The minimum Gasteiger partial charge on any atom is -0.419 e. The number of hydrogen-bond acceptors (Lipinski definition) is 5. The van der Waals surface area contributed by atoms with E-state index in [1.165, 1.54) is 0 Å². The van der Waals surface area contributed by atoms with Crippen molar-refractivity contribution < 1.29 is 9.52 Å². The molecule has 0 aliphatic carbocycles. The van der Waals surface area contributed by atoms with Crippen molar-refractivity contribution in [3.63, 3.8) is 0 Å². The molecule has 0 atom stereocenters. The Hall–Kier alpha value is -2.32. The Kier molecular flexibility index (Phi) is 3.83. The van der Waals surface area contributed by atoms with Crippen LogP contribution in [-0.4, -0.2) is 30.3 Å². The van der Waals surface area contributed by atoms with Crippen LogP contribution >= 0.6 is 0 Å². The monoisotopic (exact) mass is 257 g/mol. The maximum Gasteiger partial charge on any atom is 0.234 e. The first-order valence-corrected chi connectivity index (χ1v) is 5.95. The molecule has 0 bridgehead atoms. The average molecular weight is 257 g/mol. The maximum atomic E-state index is 9.08. The zero-order chi connectivity index (χ0) is 13.8. The van der Waals surface area contributed by atoms with Crippen LogP contribution in [0.25, 0.3) is 11.5 Å². The predicted octanol–water partition coefficient (Wildman–Crippen LogP) is 1.95. The van der Waals surface area contributed by atoms with Gasteiger partial charge in [-0.2, -0.15) is 10.2 Å². The van der Waals surface area contributed by atoms with E-state index in [-0.39, 0.29) is 12.3 Å². The lowest BCUT2D eigenvalue weighted by atomic mass is 10.1. The number of anilines is 1. The molecular formula is C14H15N3O2. The summed E-state index contributed by atoms with van der Waals surface area (Å²) in [6, 6.07) is 9.73. The fourth-order valence-electron chi connectivity index (χ4n) is 1.71. The molecular weight excluding hydrogens is 242 g/mol. The van der Waals surface area contributed by atoms with Crippen molar-refractivity contribution in [3.8, 4) is 17.5 Å². The molecule has 1 aromatic heterocycles. The number of benzene rings is 1. The SMILES string of the molecule is Cc1ccc(-c2nc(C#N)c(N(C)CCO)o2)cc1. The average Bonchev–Trinajstić information content (AvgIpc) is 2.84. The number of likely N-dealkylation sites (N-methyl/N-ethyl adjacent to an activating group) is 1. The number of nitrogens with zero attached hydrogens (tertiary/aromatic N) is 3. The molecule has 2 aromatic rings. The normalized spacial score (nSPS) is 10.2. The lowest BCUT2D eigenvalue weighted by Gasteiger charge is -2.13. The lowest BCUT2D eigenvalue weighted by Crippen LogP contribution is -2.21. The summed E-state index contributed by atoms with van der Waals surface area (Å²) in [7, 11) is 1.75. The molecule has 1 N–H and O–H groups in total. The molecule has 1 aromatic carbocycles. The molecule has 0 saturated carbocycles. The number of oxazole rings is 1. The number of aryl methyl sites for hydroxylation is 1. The van der Waals surface area contributed by atoms with E-state index in [0.29, 0.717) is 18.3 Å². The van der Waals surface area contributed by atoms with Gasteiger partial charge in [-0.05, 0) is 19.1 Å². The smallest absolute Gasteiger partial charge is 0.234 e. The minimum atomic E-state index is -0.0120. The van der Waals surface area contributed by atoms with Gasteiger partial charge in [-0.25, -0.2) is 0 Å². The first kappa shape index (κ1) is 13.1. The zero-order valence-electron chi connectivity index (χ0n) is 10.9. The van der Waals surface area contributed by atoms with Crippen molar-refractivity contribution in [2.75, 3.05) is 25.1 Å². The molecule has 0 unspecified atom stereocenters. The van der Waals surface area contributed by atoms with Gasteiger partial charge in [-0.1, -0.05) is 17.7 Å². The van der Waals surface area contributed by atoms with Crippen molar-refractivity contribution in [3.05, 3.63) is 35.5 Å². The highest BCUT2D eigenvalue weighted by Crippen LogP contribution is 2.27. The van der Waals surface area contributed by atoms with Crippen LogP contribution in [0.4, 0.5) is 5.88 Å². The molecule has 19 heavy (non-hydrogen) atoms. The van der Waals surface area contributed by atoms with Crippen molar-refractivity contribution in [1.82, 2.24) is 4.98 Å². The predicted molar refractivity (Wildman–Crippen MR) is 71.7 cm³/mol. The van der Waals surface area contributed by atoms with Gasteiger partial charge in [-0.15, -0.1) is 0 Å². The molecule has 2 rings (SSSR count). The molecule has 0 aliphatic rings. The fraction of sp³-hybridized carbons (Fsp3) is 0.286. The topological polar surface area (TPSA) is 73.3 Å². The van der Waals surface area contributed by atoms with E-state index in [9.17, 15) is 0 Å². The van der Waals surface area contributed by atoms with E-state index in [0.717, 1.165) is 11.1 Å². The van der Waals surface area contributed by atoms with Crippen molar-refractivity contribution in [2.24, 2.45) is 0 Å². The van der Waals surface area contributed by atoms with Gasteiger partial charge < -0.3 is 14.4 Å². The van der Waals surface area contributed by atoms with Crippen LogP contribution < -0.4 is 4.90 Å². The molecule has 0 fully saturated rings. The van der Waals surface area contributed by atoms with Gasteiger partial charge in [0.25, 0.3) is 0 Å². The van der Waals surface area contributed by atoms with E-state index < -0.39 is 0 Å². The standard InChI is InChI=1S/C14H15N3O2/c1-10-3-5-11(6-4-10)13-16-12(9-15)14(19-13)17(2)7-8-18/h3-6,18H,7-8H2,1-2H3. The Morgan fingerprint density at radius 3 is 2.63 bits per heavy atom. The molecule has 0 radical (unpaired) electrons. The molecule has 1 heterocycles. The van der Waals surface area contributed by atoms with Crippen LogP contribution in [0.2, 0.25) is 0 Å². The van der Waals surface area contributed by atoms with E-state index in [4.69, 9.17) is 14.8 Å². The summed E-state index contributed by atoms with van der Waals surface area (Å²) in [4.78, 5) is 5.85. The summed E-state index contributed by atoms with van der Waals surface area (Å²) in [5.74, 6) is 0.795. The van der Waals surface area contributed by atoms with Crippen LogP contribution in [0.15, 0.2) is 28.7 Å². The Morgan fingerprint density at radius 2 is 2.05 bits per heavy atom. The van der Waals surface area contributed by atoms with Gasteiger partial charge in [0.15, 0.2) is 0 Å². The summed E-state index contributed by atoms with van der Waals surface area (Å²) in [6.07, 6.45) is 0. The third-order valence-corrected chi connectivity index (χ3v) is 2.80. The second-order valence-corrected chi connectivity index (χ2v) is 4.30. The molecule has 0 aliphatic heterocycles. The van der Waals surface area contributed by atoms with E-state index in [1.54, 1.807) is 11.9 Å². The molecule has 0 saturated heterocycles. The fourth-order valence-corrected chi connectivity index (χ4v) is 1.71. The summed E-state index contributed by atoms with van der Waals surface area (Å²) >= 11 is 0. The quantitative estimate of drug-likeness (QED) is 0.906. The van der Waals surface area contributed by atoms with Crippen molar-refractivity contribution >= 4 is 5.88 Å². The minimum absolute atomic E-state index is 0.0120. The third-order valence-electron chi connectivity index (χ3n) is 2.80. The zero-order valence-corrected chi connectivity index (χ0v) is 10.9. The van der Waals surface area contributed by atoms with Gasteiger partial charge in [0, 0.05) is 19.2 Å². The lowest BCUT2D eigenvalue weighted by molar-refractivity contribution is 0.302.